The van der Waals surface area contributed by atoms with Crippen LogP contribution in [0.2, 0.25) is 0 Å². The summed E-state index contributed by atoms with van der Waals surface area (Å²) >= 11 is 0. The van der Waals surface area contributed by atoms with Gasteiger partial charge in [-0.3, -0.25) is 14.8 Å². The maximum Gasteiger partial charge on any atom is 0.407 e. The van der Waals surface area contributed by atoms with E-state index >= 15 is 0 Å². The number of nitrogens with zero attached hydrogens (tertiary/aromatic N) is 4. The molecular weight excluding hydrogens is 530 g/mol. The highest BCUT2D eigenvalue weighted by molar-refractivity contribution is 5.86. The van der Waals surface area contributed by atoms with Gasteiger partial charge >= 0.3 is 6.09 Å². The Kier molecular flexibility index (Phi) is 8.80. The van der Waals surface area contributed by atoms with E-state index in [4.69, 9.17) is 9.72 Å². The maximum absolute atomic E-state index is 13.4. The molecule has 42 heavy (non-hydrogen) atoms. The Hall–Kier alpha value is -4.73. The van der Waals surface area contributed by atoms with Gasteiger partial charge in [-0.25, -0.2) is 9.78 Å². The van der Waals surface area contributed by atoms with Crippen molar-refractivity contribution in [3.63, 3.8) is 0 Å². The van der Waals surface area contributed by atoms with E-state index in [0.29, 0.717) is 13.1 Å². The topological polar surface area (TPSA) is 125 Å². The number of aromatic nitrogens is 3. The van der Waals surface area contributed by atoms with Crippen molar-refractivity contribution < 1.29 is 14.3 Å². The van der Waals surface area contributed by atoms with Crippen molar-refractivity contribution in [1.82, 2.24) is 25.2 Å². The molecule has 2 aromatic heterocycles. The van der Waals surface area contributed by atoms with E-state index in [1.807, 2.05) is 73.5 Å². The Bertz CT molecular complexity index is 1560. The fraction of sp³-hybridized carbons (Fsp3) is 0.344. The van der Waals surface area contributed by atoms with Crippen LogP contribution in [0.25, 0.3) is 33.4 Å². The molecule has 0 unspecified atom stereocenters. The first-order valence-corrected chi connectivity index (χ1v) is 14.4. The Morgan fingerprint density at radius 2 is 1.93 bits per heavy atom. The van der Waals surface area contributed by atoms with Gasteiger partial charge < -0.3 is 25.3 Å². The van der Waals surface area contributed by atoms with Crippen molar-refractivity contribution in [2.45, 2.75) is 45.7 Å². The van der Waals surface area contributed by atoms with Crippen LogP contribution in [0, 0.1) is 5.92 Å². The molecule has 4 aromatic rings. The molecule has 5 rings (SSSR count). The molecule has 0 aliphatic carbocycles. The van der Waals surface area contributed by atoms with Crippen molar-refractivity contribution in [3.8, 4) is 22.4 Å². The number of carbonyl (C=O) groups excluding carboxylic acids is 2. The minimum absolute atomic E-state index is 0.00203. The number of aliphatic imine (C=N–C) groups is 1. The summed E-state index contributed by atoms with van der Waals surface area (Å²) in [7, 11) is 0. The molecule has 2 amide bonds. The van der Waals surface area contributed by atoms with Crippen molar-refractivity contribution in [2.75, 3.05) is 25.0 Å². The predicted molar refractivity (Wildman–Crippen MR) is 166 cm³/mol. The number of aromatic amines is 1. The molecule has 10 heteroatoms. The lowest BCUT2D eigenvalue weighted by Gasteiger charge is -2.31. The molecule has 10 nitrogen and oxygen atoms in total. The first-order valence-electron chi connectivity index (χ1n) is 14.4. The summed E-state index contributed by atoms with van der Waals surface area (Å²) in [5.41, 5.74) is 7.31. The van der Waals surface area contributed by atoms with E-state index in [1.165, 1.54) is 0 Å². The summed E-state index contributed by atoms with van der Waals surface area (Å²) in [4.78, 5) is 43.7. The van der Waals surface area contributed by atoms with Crippen LogP contribution in [-0.4, -0.2) is 70.3 Å². The standard InChI is InChI=1S/C32H37N7O3/c1-5-42-32(41)38-30(20(2)3)31(40)39-14-6-7-24(39)18-35-26-12-8-21(15-28(26)33-4)23-10-11-25(34-17-23)22-9-13-27-29(16-22)37-19-36-27/h8-13,15-17,19-20,24,30,35H,4-7,14,18H2,1-3H3,(H,36,37)(H,38,41)/t24-,30-/m0/s1. The number of anilines is 1. The van der Waals surface area contributed by atoms with Crippen LogP contribution in [0.15, 0.2) is 66.0 Å². The van der Waals surface area contributed by atoms with Gasteiger partial charge in [0.1, 0.15) is 6.04 Å². The van der Waals surface area contributed by atoms with E-state index < -0.39 is 12.1 Å². The number of alkyl carbamates (subject to hydrolysis) is 1. The minimum atomic E-state index is -0.636. The molecule has 3 N–H and O–H groups in total. The zero-order valence-electron chi connectivity index (χ0n) is 24.3. The molecule has 1 aliphatic rings. The number of H-pyrrole nitrogens is 1. The highest BCUT2D eigenvalue weighted by Crippen LogP contribution is 2.32. The number of fused-ring (bicyclic) bond motifs is 1. The number of hydrogen-bond donors (Lipinski definition) is 3. The number of likely N-dealkylation sites (tertiary alicyclic amines) is 1. The number of imidazole rings is 1. The van der Waals surface area contributed by atoms with Gasteiger partial charge in [0, 0.05) is 36.5 Å². The monoisotopic (exact) mass is 567 g/mol. The molecule has 0 radical (unpaired) electrons. The van der Waals surface area contributed by atoms with E-state index in [9.17, 15) is 9.59 Å². The molecule has 1 aliphatic heterocycles. The maximum atomic E-state index is 13.4. The van der Waals surface area contributed by atoms with Gasteiger partial charge in [0.2, 0.25) is 5.91 Å². The van der Waals surface area contributed by atoms with Crippen LogP contribution in [0.4, 0.5) is 16.2 Å². The summed E-state index contributed by atoms with van der Waals surface area (Å²) in [6, 6.07) is 15.5. The van der Waals surface area contributed by atoms with E-state index in [1.54, 1.807) is 13.3 Å². The van der Waals surface area contributed by atoms with Crippen LogP contribution in [0.1, 0.15) is 33.6 Å². The summed E-state index contributed by atoms with van der Waals surface area (Å²) in [5.74, 6) is -0.149. The molecule has 0 saturated carbocycles. The molecule has 0 spiro atoms. The zero-order valence-corrected chi connectivity index (χ0v) is 24.3. The van der Waals surface area contributed by atoms with Crippen LogP contribution in [0.3, 0.4) is 0 Å². The number of nitrogens with one attached hydrogen (secondary N) is 3. The van der Waals surface area contributed by atoms with Gasteiger partial charge in [-0.1, -0.05) is 32.0 Å². The Morgan fingerprint density at radius 3 is 2.67 bits per heavy atom. The third kappa shape index (κ3) is 6.27. The molecule has 2 aromatic carbocycles. The van der Waals surface area contributed by atoms with Crippen LogP contribution in [0.5, 0.6) is 0 Å². The third-order valence-corrected chi connectivity index (χ3v) is 7.65. The number of ether oxygens (including phenoxy) is 1. The minimum Gasteiger partial charge on any atom is -0.450 e. The normalized spacial score (nSPS) is 15.5. The molecule has 0 bridgehead atoms. The first-order chi connectivity index (χ1) is 20.4. The second kappa shape index (κ2) is 12.8. The van der Waals surface area contributed by atoms with Crippen molar-refractivity contribution in [1.29, 1.82) is 0 Å². The predicted octanol–water partition coefficient (Wildman–Crippen LogP) is 5.80. The average molecular weight is 568 g/mol. The van der Waals surface area contributed by atoms with E-state index in [0.717, 1.165) is 57.6 Å². The number of rotatable bonds is 10. The highest BCUT2D eigenvalue weighted by Gasteiger charge is 2.35. The molecule has 1 saturated heterocycles. The Morgan fingerprint density at radius 1 is 1.12 bits per heavy atom. The highest BCUT2D eigenvalue weighted by atomic mass is 16.5. The van der Waals surface area contributed by atoms with Gasteiger partial charge in [0.05, 0.1) is 41.0 Å². The number of pyridine rings is 1. The second-order valence-electron chi connectivity index (χ2n) is 10.8. The smallest absolute Gasteiger partial charge is 0.407 e. The van der Waals surface area contributed by atoms with Crippen molar-refractivity contribution >= 4 is 41.1 Å². The van der Waals surface area contributed by atoms with E-state index in [-0.39, 0.29) is 24.5 Å². The number of benzene rings is 2. The van der Waals surface area contributed by atoms with E-state index in [2.05, 4.69) is 32.3 Å². The molecule has 218 valence electrons. The Labute approximate surface area is 245 Å². The molecule has 1 fully saturated rings. The average Bonchev–Trinajstić information content (AvgIpc) is 3.68. The third-order valence-electron chi connectivity index (χ3n) is 7.65. The SMILES string of the molecule is C=Nc1cc(-c2ccc(-c3ccc4nc[nH]c4c3)nc2)ccc1NC[C@@H]1CCCN1C(=O)[C@@H](NC(=O)OCC)C(C)C. The first kappa shape index (κ1) is 28.8. The van der Waals surface area contributed by atoms with Crippen LogP contribution >= 0.6 is 0 Å². The number of carbonyl (C=O) groups is 2. The van der Waals surface area contributed by atoms with Crippen molar-refractivity contribution in [2.24, 2.45) is 10.9 Å². The molecule has 2 atom stereocenters. The molecular formula is C32H37N7O3. The van der Waals surface area contributed by atoms with Gasteiger partial charge in [0.25, 0.3) is 0 Å². The second-order valence-corrected chi connectivity index (χ2v) is 10.8. The quantitative estimate of drug-likeness (QED) is 0.208. The lowest BCUT2D eigenvalue weighted by Crippen LogP contribution is -2.53. The summed E-state index contributed by atoms with van der Waals surface area (Å²) in [6.07, 6.45) is 4.77. The fourth-order valence-electron chi connectivity index (χ4n) is 5.38. The van der Waals surface area contributed by atoms with Crippen molar-refractivity contribution in [3.05, 3.63) is 61.1 Å². The lowest BCUT2D eigenvalue weighted by atomic mass is 10.0. The zero-order chi connectivity index (χ0) is 29.6. The van der Waals surface area contributed by atoms with Crippen LogP contribution < -0.4 is 10.6 Å². The van der Waals surface area contributed by atoms with Gasteiger partial charge in [-0.05, 0) is 68.3 Å². The molecule has 3 heterocycles. The van der Waals surface area contributed by atoms with Crippen LogP contribution in [-0.2, 0) is 9.53 Å². The Balaban J connectivity index is 1.25. The summed E-state index contributed by atoms with van der Waals surface area (Å²) < 4.78 is 5.02. The van der Waals surface area contributed by atoms with Gasteiger partial charge in [0.15, 0.2) is 0 Å². The van der Waals surface area contributed by atoms with Gasteiger partial charge in [-0.2, -0.15) is 0 Å². The summed E-state index contributed by atoms with van der Waals surface area (Å²) in [6.45, 7) is 10.8. The number of amides is 2. The fourth-order valence-corrected chi connectivity index (χ4v) is 5.38. The lowest BCUT2D eigenvalue weighted by molar-refractivity contribution is -0.135. The summed E-state index contributed by atoms with van der Waals surface area (Å²) in [5, 5.41) is 6.22. The number of hydrogen-bond acceptors (Lipinski definition) is 7. The van der Waals surface area contributed by atoms with Gasteiger partial charge in [-0.15, -0.1) is 0 Å². The largest absolute Gasteiger partial charge is 0.450 e.